The van der Waals surface area contributed by atoms with Crippen LogP contribution < -0.4 is 5.32 Å². The summed E-state index contributed by atoms with van der Waals surface area (Å²) < 4.78 is 10.6. The highest BCUT2D eigenvalue weighted by Crippen LogP contribution is 2.19. The Morgan fingerprint density at radius 1 is 0.963 bits per heavy atom. The van der Waals surface area contributed by atoms with Crippen LogP contribution in [-0.2, 0) is 9.47 Å². The molecule has 1 rings (SSSR count). The Hall–Kier alpha value is -0.610. The number of methoxy groups -OCH3 is 1. The second-order valence-corrected chi connectivity index (χ2v) is 7.19. The van der Waals surface area contributed by atoms with Gasteiger partial charge in [-0.25, -0.2) is 0 Å². The Balaban J connectivity index is 1.99. The zero-order valence-corrected chi connectivity index (χ0v) is 16.5. The summed E-state index contributed by atoms with van der Waals surface area (Å²) >= 11 is 0. The normalized spacial score (nSPS) is 29.6. The standard InChI is InChI=1S/C19H38N2O6/c1-20-15(26-2)11-9-7-5-3-4-6-8-10-12-21-19-18(25)17(24)16(23)14(13-22)27-19/h14-19,21-25H,1,3-13H2,2H3. The Morgan fingerprint density at radius 3 is 2.11 bits per heavy atom. The van der Waals surface area contributed by atoms with Crippen molar-refractivity contribution in [2.75, 3.05) is 20.3 Å². The highest BCUT2D eigenvalue weighted by Gasteiger charge is 2.42. The number of aliphatic hydroxyl groups excluding tert-OH is 4. The summed E-state index contributed by atoms with van der Waals surface area (Å²) in [6, 6.07) is 0. The van der Waals surface area contributed by atoms with Crippen molar-refractivity contribution in [1.82, 2.24) is 5.32 Å². The highest BCUT2D eigenvalue weighted by atomic mass is 16.6. The molecule has 0 bridgehead atoms. The lowest BCUT2D eigenvalue weighted by atomic mass is 9.98. The lowest BCUT2D eigenvalue weighted by Gasteiger charge is -2.40. The maximum absolute atomic E-state index is 9.93. The van der Waals surface area contributed by atoms with Crippen LogP contribution in [0.25, 0.3) is 0 Å². The first-order valence-corrected chi connectivity index (χ1v) is 10.1. The molecule has 8 heteroatoms. The summed E-state index contributed by atoms with van der Waals surface area (Å²) in [6.45, 7) is 3.75. The van der Waals surface area contributed by atoms with E-state index in [1.54, 1.807) is 7.11 Å². The Labute approximate surface area is 162 Å². The van der Waals surface area contributed by atoms with Crippen LogP contribution in [0, 0.1) is 0 Å². The third kappa shape index (κ3) is 8.95. The third-order valence-electron chi connectivity index (χ3n) is 5.09. The van der Waals surface area contributed by atoms with E-state index in [1.165, 1.54) is 25.7 Å². The molecule has 0 aromatic heterocycles. The van der Waals surface area contributed by atoms with Gasteiger partial charge in [0.25, 0.3) is 0 Å². The van der Waals surface area contributed by atoms with E-state index in [4.69, 9.17) is 14.6 Å². The Kier molecular flexibility index (Phi) is 13.0. The fourth-order valence-corrected chi connectivity index (χ4v) is 3.30. The van der Waals surface area contributed by atoms with Gasteiger partial charge in [0.05, 0.1) is 6.61 Å². The number of aliphatic hydroxyl groups is 4. The summed E-state index contributed by atoms with van der Waals surface area (Å²) in [5.41, 5.74) is 0. The van der Waals surface area contributed by atoms with E-state index < -0.39 is 37.3 Å². The van der Waals surface area contributed by atoms with E-state index in [0.29, 0.717) is 6.54 Å². The second kappa shape index (κ2) is 14.4. The molecule has 6 atom stereocenters. The molecular weight excluding hydrogens is 352 g/mol. The van der Waals surface area contributed by atoms with Crippen molar-refractivity contribution in [1.29, 1.82) is 0 Å². The average molecular weight is 391 g/mol. The smallest absolute Gasteiger partial charge is 0.147 e. The molecular formula is C19H38N2O6. The van der Waals surface area contributed by atoms with E-state index >= 15 is 0 Å². The summed E-state index contributed by atoms with van der Waals surface area (Å²) in [5, 5.41) is 41.6. The van der Waals surface area contributed by atoms with Crippen molar-refractivity contribution in [2.45, 2.75) is 94.7 Å². The summed E-state index contributed by atoms with van der Waals surface area (Å²) in [4.78, 5) is 3.90. The number of unbranched alkanes of at least 4 members (excludes halogenated alkanes) is 7. The maximum Gasteiger partial charge on any atom is 0.147 e. The average Bonchev–Trinajstić information content (AvgIpc) is 2.68. The first-order chi connectivity index (χ1) is 13.0. The molecule has 0 saturated carbocycles. The monoisotopic (exact) mass is 390 g/mol. The van der Waals surface area contributed by atoms with Crippen molar-refractivity contribution in [3.05, 3.63) is 0 Å². The van der Waals surface area contributed by atoms with Gasteiger partial charge in [0.15, 0.2) is 0 Å². The van der Waals surface area contributed by atoms with Crippen LogP contribution in [0.2, 0.25) is 0 Å². The molecule has 0 aromatic carbocycles. The van der Waals surface area contributed by atoms with Gasteiger partial charge in [0, 0.05) is 7.11 Å². The molecule has 1 aliphatic heterocycles. The van der Waals surface area contributed by atoms with Gasteiger partial charge < -0.3 is 29.9 Å². The molecule has 0 radical (unpaired) electrons. The number of hydrogen-bond donors (Lipinski definition) is 5. The minimum atomic E-state index is -1.32. The molecule has 27 heavy (non-hydrogen) atoms. The Bertz CT molecular complexity index is 385. The van der Waals surface area contributed by atoms with Gasteiger partial charge in [0.1, 0.15) is 36.9 Å². The minimum Gasteiger partial charge on any atom is -0.394 e. The number of hydrogen-bond acceptors (Lipinski definition) is 8. The zero-order chi connectivity index (χ0) is 20.1. The van der Waals surface area contributed by atoms with Gasteiger partial charge in [-0.1, -0.05) is 38.5 Å². The lowest BCUT2D eigenvalue weighted by molar-refractivity contribution is -0.236. The largest absolute Gasteiger partial charge is 0.394 e. The molecule has 160 valence electrons. The molecule has 0 aliphatic carbocycles. The summed E-state index contributed by atoms with van der Waals surface area (Å²) in [5.74, 6) is 0. The van der Waals surface area contributed by atoms with Gasteiger partial charge >= 0.3 is 0 Å². The van der Waals surface area contributed by atoms with Crippen LogP contribution in [0.1, 0.15) is 57.8 Å². The van der Waals surface area contributed by atoms with Crippen LogP contribution in [0.3, 0.4) is 0 Å². The first kappa shape index (κ1) is 24.4. The second-order valence-electron chi connectivity index (χ2n) is 7.19. The van der Waals surface area contributed by atoms with Crippen molar-refractivity contribution in [3.63, 3.8) is 0 Å². The molecule has 1 saturated heterocycles. The van der Waals surface area contributed by atoms with Crippen molar-refractivity contribution in [2.24, 2.45) is 4.99 Å². The fraction of sp³-hybridized carbons (Fsp3) is 0.947. The van der Waals surface area contributed by atoms with Crippen LogP contribution in [0.5, 0.6) is 0 Å². The number of nitrogens with zero attached hydrogens (tertiary/aromatic N) is 1. The predicted molar refractivity (Wildman–Crippen MR) is 104 cm³/mol. The number of aliphatic imine (C=N–C) groups is 1. The molecule has 5 N–H and O–H groups in total. The molecule has 1 heterocycles. The fourth-order valence-electron chi connectivity index (χ4n) is 3.30. The number of rotatable bonds is 15. The van der Waals surface area contributed by atoms with Crippen LogP contribution >= 0.6 is 0 Å². The lowest BCUT2D eigenvalue weighted by Crippen LogP contribution is -2.62. The maximum atomic E-state index is 9.93. The van der Waals surface area contributed by atoms with E-state index in [-0.39, 0.29) is 6.23 Å². The predicted octanol–water partition coefficient (Wildman–Crippen LogP) is 0.560. The quantitative estimate of drug-likeness (QED) is 0.204. The van der Waals surface area contributed by atoms with Crippen molar-refractivity contribution >= 4 is 6.72 Å². The first-order valence-electron chi connectivity index (χ1n) is 10.1. The van der Waals surface area contributed by atoms with E-state index in [0.717, 1.165) is 32.1 Å². The van der Waals surface area contributed by atoms with Gasteiger partial charge in [-0.05, 0) is 32.5 Å². The minimum absolute atomic E-state index is 0.0683. The van der Waals surface area contributed by atoms with Gasteiger partial charge in [-0.15, -0.1) is 0 Å². The van der Waals surface area contributed by atoms with Crippen molar-refractivity contribution in [3.8, 4) is 0 Å². The molecule has 8 nitrogen and oxygen atoms in total. The number of ether oxygens (including phenoxy) is 2. The molecule has 0 aromatic rings. The molecule has 0 amide bonds. The summed E-state index contributed by atoms with van der Waals surface area (Å²) in [6.07, 6.45) is 4.51. The van der Waals surface area contributed by atoms with Gasteiger partial charge in [-0.3, -0.25) is 10.3 Å². The van der Waals surface area contributed by atoms with E-state index in [1.807, 2.05) is 0 Å². The van der Waals surface area contributed by atoms with Crippen molar-refractivity contribution < 1.29 is 29.9 Å². The number of nitrogens with one attached hydrogen (secondary N) is 1. The summed E-state index contributed by atoms with van der Waals surface area (Å²) in [7, 11) is 1.66. The zero-order valence-electron chi connectivity index (χ0n) is 16.5. The van der Waals surface area contributed by atoms with Crippen LogP contribution in [0.15, 0.2) is 4.99 Å². The topological polar surface area (TPSA) is 124 Å². The van der Waals surface area contributed by atoms with Crippen LogP contribution in [0.4, 0.5) is 0 Å². The molecule has 0 spiro atoms. The molecule has 6 unspecified atom stereocenters. The Morgan fingerprint density at radius 2 is 1.56 bits per heavy atom. The highest BCUT2D eigenvalue weighted by molar-refractivity contribution is 5.23. The molecule has 1 aliphatic rings. The van der Waals surface area contributed by atoms with Gasteiger partial charge in [0.2, 0.25) is 0 Å². The van der Waals surface area contributed by atoms with Gasteiger partial charge in [-0.2, -0.15) is 0 Å². The SMILES string of the molecule is C=NC(CCCCCCCCCCNC1OC(CO)C(O)C(O)C1O)OC. The van der Waals surface area contributed by atoms with Crippen LogP contribution in [-0.4, -0.2) is 84.3 Å². The van der Waals surface area contributed by atoms with E-state index in [9.17, 15) is 15.3 Å². The molecule has 1 fully saturated rings. The third-order valence-corrected chi connectivity index (χ3v) is 5.09. The van der Waals surface area contributed by atoms with E-state index in [2.05, 4.69) is 17.0 Å².